The summed E-state index contributed by atoms with van der Waals surface area (Å²) in [5.41, 5.74) is 0. The number of hydrogen-bond donors (Lipinski definition) is 2. The van der Waals surface area contributed by atoms with Crippen LogP contribution in [0.5, 0.6) is 0 Å². The van der Waals surface area contributed by atoms with Crippen LogP contribution in [0.3, 0.4) is 0 Å². The zero-order valence-electron chi connectivity index (χ0n) is 8.98. The van der Waals surface area contributed by atoms with Gasteiger partial charge in [-0.25, -0.2) is 0 Å². The van der Waals surface area contributed by atoms with Crippen molar-refractivity contribution in [3.63, 3.8) is 0 Å². The first kappa shape index (κ1) is 11.9. The molecular formula is C10H24N2. The lowest BCUT2D eigenvalue weighted by Gasteiger charge is -2.22. The second-order valence-electron chi connectivity index (χ2n) is 3.39. The van der Waals surface area contributed by atoms with Crippen LogP contribution in [0.2, 0.25) is 0 Å². The molecule has 0 fully saturated rings. The van der Waals surface area contributed by atoms with Gasteiger partial charge in [-0.2, -0.15) is 0 Å². The van der Waals surface area contributed by atoms with E-state index in [1.807, 2.05) is 0 Å². The summed E-state index contributed by atoms with van der Waals surface area (Å²) >= 11 is 0. The predicted molar refractivity (Wildman–Crippen MR) is 55.3 cm³/mol. The minimum absolute atomic E-state index is 0.500. The van der Waals surface area contributed by atoms with Gasteiger partial charge in [0.05, 0.1) is 6.17 Å². The van der Waals surface area contributed by atoms with Crippen LogP contribution in [0.4, 0.5) is 0 Å². The topological polar surface area (TPSA) is 24.1 Å². The molecule has 0 aliphatic rings. The molecule has 0 saturated carbocycles. The molecule has 0 aliphatic heterocycles. The summed E-state index contributed by atoms with van der Waals surface area (Å²) in [7, 11) is 0. The molecule has 74 valence electrons. The van der Waals surface area contributed by atoms with Gasteiger partial charge in [0, 0.05) is 6.04 Å². The molecule has 12 heavy (non-hydrogen) atoms. The van der Waals surface area contributed by atoms with Crippen LogP contribution in [0, 0.1) is 0 Å². The first-order valence-corrected chi connectivity index (χ1v) is 5.23. The van der Waals surface area contributed by atoms with E-state index in [1.165, 1.54) is 12.8 Å². The SMILES string of the molecule is CCCNC(CC)NC(C)CC. The van der Waals surface area contributed by atoms with E-state index >= 15 is 0 Å². The Morgan fingerprint density at radius 2 is 1.75 bits per heavy atom. The van der Waals surface area contributed by atoms with Crippen LogP contribution in [0.25, 0.3) is 0 Å². The molecule has 0 rings (SSSR count). The first-order chi connectivity index (χ1) is 5.74. The Hall–Kier alpha value is -0.0800. The van der Waals surface area contributed by atoms with E-state index in [0.717, 1.165) is 13.0 Å². The Bertz CT molecular complexity index is 93.8. The lowest BCUT2D eigenvalue weighted by molar-refractivity contribution is 0.367. The van der Waals surface area contributed by atoms with Gasteiger partial charge in [0.25, 0.3) is 0 Å². The van der Waals surface area contributed by atoms with Crippen molar-refractivity contribution in [3.05, 3.63) is 0 Å². The van der Waals surface area contributed by atoms with E-state index in [0.29, 0.717) is 12.2 Å². The Labute approximate surface area is 77.1 Å². The maximum atomic E-state index is 3.54. The maximum absolute atomic E-state index is 3.54. The van der Waals surface area contributed by atoms with Crippen LogP contribution in [-0.4, -0.2) is 18.8 Å². The molecule has 0 aliphatic carbocycles. The summed E-state index contributed by atoms with van der Waals surface area (Å²) in [6, 6.07) is 0.624. The molecule has 0 bridgehead atoms. The highest BCUT2D eigenvalue weighted by Gasteiger charge is 2.06. The van der Waals surface area contributed by atoms with Crippen molar-refractivity contribution >= 4 is 0 Å². The summed E-state index contributed by atoms with van der Waals surface area (Å²) in [6.07, 6.45) is 4.06. The van der Waals surface area contributed by atoms with Crippen molar-refractivity contribution in [2.45, 2.75) is 59.2 Å². The van der Waals surface area contributed by atoms with E-state index in [9.17, 15) is 0 Å². The fourth-order valence-corrected chi connectivity index (χ4v) is 1.10. The summed E-state index contributed by atoms with van der Waals surface area (Å²) in [6.45, 7) is 9.97. The molecule has 0 heterocycles. The standard InChI is InChI=1S/C10H24N2/c1-5-8-11-10(7-3)12-9(4)6-2/h9-12H,5-8H2,1-4H3. The second kappa shape index (κ2) is 7.56. The molecule has 2 nitrogen and oxygen atoms in total. The van der Waals surface area contributed by atoms with Gasteiger partial charge in [-0.05, 0) is 32.7 Å². The summed E-state index contributed by atoms with van der Waals surface area (Å²) in [5, 5.41) is 7.01. The molecule has 2 atom stereocenters. The van der Waals surface area contributed by atoms with Crippen LogP contribution < -0.4 is 10.6 Å². The van der Waals surface area contributed by atoms with E-state index in [2.05, 4.69) is 38.3 Å². The number of rotatable bonds is 7. The fourth-order valence-electron chi connectivity index (χ4n) is 1.10. The Morgan fingerprint density at radius 3 is 2.17 bits per heavy atom. The molecule has 2 unspecified atom stereocenters. The van der Waals surface area contributed by atoms with Gasteiger partial charge in [-0.3, -0.25) is 5.32 Å². The molecule has 0 aromatic rings. The summed E-state index contributed by atoms with van der Waals surface area (Å²) < 4.78 is 0. The highest BCUT2D eigenvalue weighted by atomic mass is 15.1. The van der Waals surface area contributed by atoms with Crippen molar-refractivity contribution in [3.8, 4) is 0 Å². The molecule has 0 spiro atoms. The van der Waals surface area contributed by atoms with E-state index < -0.39 is 0 Å². The smallest absolute Gasteiger partial charge is 0.0571 e. The number of nitrogens with one attached hydrogen (secondary N) is 2. The van der Waals surface area contributed by atoms with Crippen LogP contribution in [0.1, 0.15) is 47.0 Å². The van der Waals surface area contributed by atoms with Crippen LogP contribution >= 0.6 is 0 Å². The minimum Gasteiger partial charge on any atom is -0.302 e. The third-order valence-electron chi connectivity index (χ3n) is 2.15. The molecular weight excluding hydrogens is 148 g/mol. The second-order valence-corrected chi connectivity index (χ2v) is 3.39. The Kier molecular flexibility index (Phi) is 7.51. The average Bonchev–Trinajstić information content (AvgIpc) is 2.11. The van der Waals surface area contributed by atoms with E-state index in [1.54, 1.807) is 0 Å². The molecule has 0 saturated heterocycles. The molecule has 0 amide bonds. The Balaban J connectivity index is 3.51. The lowest BCUT2D eigenvalue weighted by atomic mass is 10.2. The maximum Gasteiger partial charge on any atom is 0.0571 e. The predicted octanol–water partition coefficient (Wildman–Crippen LogP) is 2.11. The highest BCUT2D eigenvalue weighted by molar-refractivity contribution is 4.66. The molecule has 0 radical (unpaired) electrons. The molecule has 0 aromatic heterocycles. The summed E-state index contributed by atoms with van der Waals surface area (Å²) in [5.74, 6) is 0. The minimum atomic E-state index is 0.500. The molecule has 0 aromatic carbocycles. The van der Waals surface area contributed by atoms with Crippen molar-refractivity contribution in [1.82, 2.24) is 10.6 Å². The molecule has 2 heteroatoms. The monoisotopic (exact) mass is 172 g/mol. The van der Waals surface area contributed by atoms with E-state index in [4.69, 9.17) is 0 Å². The zero-order chi connectivity index (χ0) is 9.40. The largest absolute Gasteiger partial charge is 0.302 e. The average molecular weight is 172 g/mol. The van der Waals surface area contributed by atoms with Gasteiger partial charge in [0.2, 0.25) is 0 Å². The third kappa shape index (κ3) is 5.56. The zero-order valence-corrected chi connectivity index (χ0v) is 8.98. The van der Waals surface area contributed by atoms with Gasteiger partial charge in [-0.15, -0.1) is 0 Å². The van der Waals surface area contributed by atoms with Crippen molar-refractivity contribution in [2.75, 3.05) is 6.54 Å². The van der Waals surface area contributed by atoms with Gasteiger partial charge in [0.15, 0.2) is 0 Å². The Morgan fingerprint density at radius 1 is 1.08 bits per heavy atom. The quantitative estimate of drug-likeness (QED) is 0.575. The van der Waals surface area contributed by atoms with Crippen LogP contribution in [0.15, 0.2) is 0 Å². The normalized spacial score (nSPS) is 16.0. The van der Waals surface area contributed by atoms with Crippen molar-refractivity contribution in [2.24, 2.45) is 0 Å². The molecule has 2 N–H and O–H groups in total. The van der Waals surface area contributed by atoms with Gasteiger partial charge in [0.1, 0.15) is 0 Å². The van der Waals surface area contributed by atoms with Gasteiger partial charge >= 0.3 is 0 Å². The highest BCUT2D eigenvalue weighted by Crippen LogP contribution is 1.93. The van der Waals surface area contributed by atoms with Crippen molar-refractivity contribution in [1.29, 1.82) is 0 Å². The number of hydrogen-bond acceptors (Lipinski definition) is 2. The van der Waals surface area contributed by atoms with Crippen LogP contribution in [-0.2, 0) is 0 Å². The lowest BCUT2D eigenvalue weighted by Crippen LogP contribution is -2.46. The van der Waals surface area contributed by atoms with Gasteiger partial charge in [-0.1, -0.05) is 20.8 Å². The first-order valence-electron chi connectivity index (χ1n) is 5.23. The third-order valence-corrected chi connectivity index (χ3v) is 2.15. The van der Waals surface area contributed by atoms with Gasteiger partial charge < -0.3 is 5.32 Å². The fraction of sp³-hybridized carbons (Fsp3) is 1.00. The van der Waals surface area contributed by atoms with E-state index in [-0.39, 0.29) is 0 Å². The van der Waals surface area contributed by atoms with Crippen molar-refractivity contribution < 1.29 is 0 Å². The summed E-state index contributed by atoms with van der Waals surface area (Å²) in [4.78, 5) is 0.